The molecule has 0 aliphatic rings. The first-order chi connectivity index (χ1) is 9.15. The second kappa shape index (κ2) is 8.79. The zero-order valence-corrected chi connectivity index (χ0v) is 13.4. The fourth-order valence-electron chi connectivity index (χ4n) is 1.60. The number of ether oxygens (including phenoxy) is 2. The van der Waals surface area contributed by atoms with Crippen LogP contribution in [-0.4, -0.2) is 43.9 Å². The van der Waals surface area contributed by atoms with Gasteiger partial charge in [-0.1, -0.05) is 13.8 Å². The standard InChI is InChI=1S/C14H28N2O4/c1-10(2)9-11(12(17)19-6)15-7-8-16-13(18)20-14(3,4)5/h10-11,15H,7-9H2,1-6H3,(H,16,18). The fourth-order valence-corrected chi connectivity index (χ4v) is 1.60. The van der Waals surface area contributed by atoms with Crippen LogP contribution in [0.15, 0.2) is 0 Å². The first-order valence-corrected chi connectivity index (χ1v) is 6.93. The summed E-state index contributed by atoms with van der Waals surface area (Å²) in [5.74, 6) is 0.0985. The molecule has 0 saturated heterocycles. The number of alkyl carbamates (subject to hydrolysis) is 1. The van der Waals surface area contributed by atoms with E-state index < -0.39 is 11.7 Å². The van der Waals surface area contributed by atoms with Crippen molar-refractivity contribution < 1.29 is 19.1 Å². The third kappa shape index (κ3) is 9.61. The van der Waals surface area contributed by atoms with E-state index in [0.717, 1.165) is 0 Å². The summed E-state index contributed by atoms with van der Waals surface area (Å²) in [4.78, 5) is 23.0. The average Bonchev–Trinajstić information content (AvgIpc) is 2.29. The van der Waals surface area contributed by atoms with Gasteiger partial charge in [0.1, 0.15) is 11.6 Å². The fraction of sp³-hybridized carbons (Fsp3) is 0.857. The van der Waals surface area contributed by atoms with E-state index in [4.69, 9.17) is 9.47 Å². The van der Waals surface area contributed by atoms with Crippen molar-refractivity contribution in [2.24, 2.45) is 5.92 Å². The van der Waals surface area contributed by atoms with Gasteiger partial charge in [-0.3, -0.25) is 4.79 Å². The van der Waals surface area contributed by atoms with E-state index in [0.29, 0.717) is 25.4 Å². The third-order valence-electron chi connectivity index (χ3n) is 2.38. The normalized spacial score (nSPS) is 12.9. The molecule has 118 valence electrons. The molecule has 1 atom stereocenters. The monoisotopic (exact) mass is 288 g/mol. The molecule has 1 unspecified atom stereocenters. The second-order valence-electron chi connectivity index (χ2n) is 6.09. The Bertz CT molecular complexity index is 311. The van der Waals surface area contributed by atoms with Gasteiger partial charge in [-0.25, -0.2) is 4.79 Å². The molecule has 0 aliphatic heterocycles. The predicted octanol–water partition coefficient (Wildman–Crippen LogP) is 1.69. The molecule has 0 aromatic carbocycles. The van der Waals surface area contributed by atoms with Crippen LogP contribution in [0.1, 0.15) is 41.0 Å². The van der Waals surface area contributed by atoms with Crippen molar-refractivity contribution in [2.75, 3.05) is 20.2 Å². The largest absolute Gasteiger partial charge is 0.468 e. The predicted molar refractivity (Wildman–Crippen MR) is 77.5 cm³/mol. The minimum Gasteiger partial charge on any atom is -0.468 e. The summed E-state index contributed by atoms with van der Waals surface area (Å²) in [5, 5.41) is 5.70. The van der Waals surface area contributed by atoms with E-state index in [9.17, 15) is 9.59 Å². The Kier molecular flexibility index (Phi) is 8.22. The molecule has 0 heterocycles. The quantitative estimate of drug-likeness (QED) is 0.550. The Balaban J connectivity index is 4.00. The Labute approximate surface area is 121 Å². The number of hydrogen-bond acceptors (Lipinski definition) is 5. The molecule has 0 fully saturated rings. The summed E-state index contributed by atoms with van der Waals surface area (Å²) in [5.41, 5.74) is -0.510. The van der Waals surface area contributed by atoms with Crippen LogP contribution in [0.2, 0.25) is 0 Å². The smallest absolute Gasteiger partial charge is 0.407 e. The molecule has 20 heavy (non-hydrogen) atoms. The van der Waals surface area contributed by atoms with Gasteiger partial charge in [0.15, 0.2) is 0 Å². The molecule has 0 spiro atoms. The Morgan fingerprint density at radius 1 is 1.15 bits per heavy atom. The van der Waals surface area contributed by atoms with Gasteiger partial charge in [0.05, 0.1) is 7.11 Å². The van der Waals surface area contributed by atoms with Gasteiger partial charge >= 0.3 is 12.1 Å². The van der Waals surface area contributed by atoms with Gasteiger partial charge in [-0.2, -0.15) is 0 Å². The van der Waals surface area contributed by atoms with E-state index in [1.54, 1.807) is 20.8 Å². The summed E-state index contributed by atoms with van der Waals surface area (Å²) in [6.45, 7) is 10.4. The van der Waals surface area contributed by atoms with Crippen molar-refractivity contribution in [1.29, 1.82) is 0 Å². The molecule has 0 rings (SSSR count). The van der Waals surface area contributed by atoms with Crippen LogP contribution in [-0.2, 0) is 14.3 Å². The highest BCUT2D eigenvalue weighted by atomic mass is 16.6. The Morgan fingerprint density at radius 3 is 2.20 bits per heavy atom. The van der Waals surface area contributed by atoms with E-state index in [1.807, 2.05) is 13.8 Å². The second-order valence-corrected chi connectivity index (χ2v) is 6.09. The summed E-state index contributed by atoms with van der Waals surface area (Å²) in [6, 6.07) is -0.347. The van der Waals surface area contributed by atoms with Crippen LogP contribution in [0.4, 0.5) is 4.79 Å². The summed E-state index contributed by atoms with van der Waals surface area (Å²) in [7, 11) is 1.37. The number of hydrogen-bond donors (Lipinski definition) is 2. The van der Waals surface area contributed by atoms with Gasteiger partial charge in [0.25, 0.3) is 0 Å². The lowest BCUT2D eigenvalue weighted by atomic mass is 10.0. The minimum absolute atomic E-state index is 0.282. The number of carbonyl (C=O) groups excluding carboxylic acids is 2. The average molecular weight is 288 g/mol. The molecule has 0 aromatic heterocycles. The molecule has 0 aliphatic carbocycles. The Hall–Kier alpha value is -1.30. The van der Waals surface area contributed by atoms with Crippen molar-refractivity contribution in [3.63, 3.8) is 0 Å². The number of esters is 1. The molecular formula is C14H28N2O4. The molecule has 6 heteroatoms. The van der Waals surface area contributed by atoms with Crippen LogP contribution in [0.25, 0.3) is 0 Å². The lowest BCUT2D eigenvalue weighted by Crippen LogP contribution is -2.43. The van der Waals surface area contributed by atoms with Gasteiger partial charge in [0, 0.05) is 13.1 Å². The van der Waals surface area contributed by atoms with E-state index >= 15 is 0 Å². The summed E-state index contributed by atoms with van der Waals surface area (Å²) < 4.78 is 9.85. The zero-order valence-electron chi connectivity index (χ0n) is 13.4. The maximum Gasteiger partial charge on any atom is 0.407 e. The first-order valence-electron chi connectivity index (χ1n) is 6.93. The molecule has 1 amide bonds. The van der Waals surface area contributed by atoms with Gasteiger partial charge in [-0.05, 0) is 33.1 Å². The lowest BCUT2D eigenvalue weighted by Gasteiger charge is -2.21. The Morgan fingerprint density at radius 2 is 1.75 bits per heavy atom. The number of nitrogens with one attached hydrogen (secondary N) is 2. The van der Waals surface area contributed by atoms with Crippen LogP contribution < -0.4 is 10.6 Å². The van der Waals surface area contributed by atoms with Crippen LogP contribution in [0, 0.1) is 5.92 Å². The SMILES string of the molecule is COC(=O)C(CC(C)C)NCCNC(=O)OC(C)(C)C. The highest BCUT2D eigenvalue weighted by Gasteiger charge is 2.20. The molecule has 2 N–H and O–H groups in total. The van der Waals surface area contributed by atoms with E-state index in [2.05, 4.69) is 10.6 Å². The van der Waals surface area contributed by atoms with E-state index in [1.165, 1.54) is 7.11 Å². The number of methoxy groups -OCH3 is 1. The van der Waals surface area contributed by atoms with Gasteiger partial charge in [0.2, 0.25) is 0 Å². The maximum absolute atomic E-state index is 11.6. The van der Waals surface area contributed by atoms with Crippen molar-refractivity contribution in [1.82, 2.24) is 10.6 Å². The topological polar surface area (TPSA) is 76.7 Å². The minimum atomic E-state index is -0.510. The van der Waals surface area contributed by atoms with Gasteiger partial charge in [-0.15, -0.1) is 0 Å². The summed E-state index contributed by atoms with van der Waals surface area (Å²) >= 11 is 0. The van der Waals surface area contributed by atoms with Crippen molar-refractivity contribution in [3.05, 3.63) is 0 Å². The maximum atomic E-state index is 11.6. The highest BCUT2D eigenvalue weighted by Crippen LogP contribution is 2.07. The number of amides is 1. The van der Waals surface area contributed by atoms with Crippen LogP contribution >= 0.6 is 0 Å². The van der Waals surface area contributed by atoms with Crippen LogP contribution in [0.3, 0.4) is 0 Å². The molecule has 6 nitrogen and oxygen atoms in total. The molecule has 0 bridgehead atoms. The molecular weight excluding hydrogens is 260 g/mol. The zero-order chi connectivity index (χ0) is 15.8. The highest BCUT2D eigenvalue weighted by molar-refractivity contribution is 5.75. The third-order valence-corrected chi connectivity index (χ3v) is 2.38. The molecule has 0 aromatic rings. The molecule has 0 radical (unpaired) electrons. The van der Waals surface area contributed by atoms with Crippen molar-refractivity contribution in [2.45, 2.75) is 52.7 Å². The van der Waals surface area contributed by atoms with Gasteiger partial charge < -0.3 is 20.1 Å². The van der Waals surface area contributed by atoms with Crippen molar-refractivity contribution >= 4 is 12.1 Å². The van der Waals surface area contributed by atoms with Crippen LogP contribution in [0.5, 0.6) is 0 Å². The first kappa shape index (κ1) is 18.7. The lowest BCUT2D eigenvalue weighted by molar-refractivity contribution is -0.143. The summed E-state index contributed by atoms with van der Waals surface area (Å²) in [6.07, 6.45) is 0.233. The number of carbonyl (C=O) groups is 2. The van der Waals surface area contributed by atoms with Crippen molar-refractivity contribution in [3.8, 4) is 0 Å². The molecule has 0 saturated carbocycles. The number of rotatable bonds is 7. The van der Waals surface area contributed by atoms with E-state index in [-0.39, 0.29) is 12.0 Å².